The van der Waals surface area contributed by atoms with Crippen molar-refractivity contribution in [3.05, 3.63) is 34.9 Å². The number of hydrogen-bond acceptors (Lipinski definition) is 2. The molecule has 15 heavy (non-hydrogen) atoms. The summed E-state index contributed by atoms with van der Waals surface area (Å²) in [5.74, 6) is 0. The average molecular weight is 201 g/mol. The maximum atomic E-state index is 8.98. The highest BCUT2D eigenvalue weighted by Gasteiger charge is 2.15. The van der Waals surface area contributed by atoms with E-state index < -0.39 is 6.10 Å². The van der Waals surface area contributed by atoms with Crippen molar-refractivity contribution in [2.24, 2.45) is 0 Å². The maximum Gasteiger partial charge on any atom is 0.169 e. The minimum atomic E-state index is -0.402. The van der Waals surface area contributed by atoms with Crippen LogP contribution in [-0.4, -0.2) is 6.61 Å². The van der Waals surface area contributed by atoms with Crippen LogP contribution in [0.3, 0.4) is 0 Å². The standard InChI is InChI=1S/C13H15NO/c1-2-15-13(9-14)12-7-6-10-4-3-5-11(10)8-12/h6-8,13H,2-5H2,1H3/t13-/m1/s1. The Morgan fingerprint density at radius 3 is 2.93 bits per heavy atom. The summed E-state index contributed by atoms with van der Waals surface area (Å²) in [5, 5.41) is 8.98. The number of nitriles is 1. The summed E-state index contributed by atoms with van der Waals surface area (Å²) in [6, 6.07) is 8.48. The summed E-state index contributed by atoms with van der Waals surface area (Å²) < 4.78 is 5.38. The Kier molecular flexibility index (Phi) is 3.03. The van der Waals surface area contributed by atoms with Crippen LogP contribution >= 0.6 is 0 Å². The fourth-order valence-electron chi connectivity index (χ4n) is 2.13. The Bertz CT molecular complexity index is 392. The minimum Gasteiger partial charge on any atom is -0.359 e. The van der Waals surface area contributed by atoms with Crippen LogP contribution in [0.15, 0.2) is 18.2 Å². The molecule has 2 nitrogen and oxygen atoms in total. The number of nitrogens with zero attached hydrogens (tertiary/aromatic N) is 1. The van der Waals surface area contributed by atoms with E-state index in [9.17, 15) is 0 Å². The van der Waals surface area contributed by atoms with Crippen LogP contribution in [0, 0.1) is 11.3 Å². The molecule has 0 saturated carbocycles. The Hall–Kier alpha value is -1.33. The summed E-state index contributed by atoms with van der Waals surface area (Å²) in [4.78, 5) is 0. The molecular formula is C13H15NO. The van der Waals surface area contributed by atoms with Crippen molar-refractivity contribution in [2.75, 3.05) is 6.61 Å². The second kappa shape index (κ2) is 4.46. The molecule has 0 fully saturated rings. The van der Waals surface area contributed by atoms with E-state index in [1.54, 1.807) is 0 Å². The van der Waals surface area contributed by atoms with E-state index in [0.717, 1.165) is 12.0 Å². The lowest BCUT2D eigenvalue weighted by atomic mass is 10.0. The van der Waals surface area contributed by atoms with Gasteiger partial charge in [-0.05, 0) is 42.9 Å². The van der Waals surface area contributed by atoms with Gasteiger partial charge in [0.1, 0.15) is 0 Å². The topological polar surface area (TPSA) is 33.0 Å². The van der Waals surface area contributed by atoms with Gasteiger partial charge in [0.05, 0.1) is 6.07 Å². The van der Waals surface area contributed by atoms with Crippen molar-refractivity contribution in [1.29, 1.82) is 5.26 Å². The highest BCUT2D eigenvalue weighted by Crippen LogP contribution is 2.26. The van der Waals surface area contributed by atoms with E-state index >= 15 is 0 Å². The molecule has 0 spiro atoms. The van der Waals surface area contributed by atoms with Crippen molar-refractivity contribution >= 4 is 0 Å². The second-order valence-electron chi connectivity index (χ2n) is 3.85. The number of benzene rings is 1. The molecule has 1 aliphatic rings. The van der Waals surface area contributed by atoms with Gasteiger partial charge in [-0.15, -0.1) is 0 Å². The normalized spacial score (nSPS) is 15.7. The van der Waals surface area contributed by atoms with Gasteiger partial charge >= 0.3 is 0 Å². The van der Waals surface area contributed by atoms with Crippen molar-refractivity contribution < 1.29 is 4.74 Å². The Morgan fingerprint density at radius 2 is 2.20 bits per heavy atom. The van der Waals surface area contributed by atoms with E-state index in [-0.39, 0.29) is 0 Å². The molecule has 0 unspecified atom stereocenters. The highest BCUT2D eigenvalue weighted by molar-refractivity contribution is 5.37. The van der Waals surface area contributed by atoms with Crippen LogP contribution in [0.5, 0.6) is 0 Å². The zero-order valence-corrected chi connectivity index (χ0v) is 8.99. The largest absolute Gasteiger partial charge is 0.359 e. The molecule has 0 bridgehead atoms. The molecule has 0 aromatic heterocycles. The van der Waals surface area contributed by atoms with Crippen molar-refractivity contribution in [2.45, 2.75) is 32.3 Å². The lowest BCUT2D eigenvalue weighted by Crippen LogP contribution is -2.02. The van der Waals surface area contributed by atoms with Gasteiger partial charge in [0.25, 0.3) is 0 Å². The molecule has 78 valence electrons. The predicted octanol–water partition coefficient (Wildman–Crippen LogP) is 2.78. The number of ether oxygens (including phenoxy) is 1. The molecule has 1 aliphatic carbocycles. The zero-order chi connectivity index (χ0) is 10.7. The summed E-state index contributed by atoms with van der Waals surface area (Å²) in [6.45, 7) is 2.49. The van der Waals surface area contributed by atoms with Gasteiger partial charge in [-0.3, -0.25) is 0 Å². The molecule has 1 aromatic carbocycles. The fraction of sp³-hybridized carbons (Fsp3) is 0.462. The average Bonchev–Trinajstić information content (AvgIpc) is 2.72. The number of aryl methyl sites for hydroxylation is 2. The molecule has 0 aliphatic heterocycles. The second-order valence-corrected chi connectivity index (χ2v) is 3.85. The van der Waals surface area contributed by atoms with Gasteiger partial charge in [0.2, 0.25) is 0 Å². The third kappa shape index (κ3) is 2.03. The summed E-state index contributed by atoms with van der Waals surface area (Å²) in [7, 11) is 0. The van der Waals surface area contributed by atoms with E-state index in [1.807, 2.05) is 13.0 Å². The lowest BCUT2D eigenvalue weighted by Gasteiger charge is -2.10. The smallest absolute Gasteiger partial charge is 0.169 e. The molecule has 0 amide bonds. The lowest BCUT2D eigenvalue weighted by molar-refractivity contribution is 0.102. The summed E-state index contributed by atoms with van der Waals surface area (Å²) in [6.07, 6.45) is 3.17. The quantitative estimate of drug-likeness (QED) is 0.753. The highest BCUT2D eigenvalue weighted by atomic mass is 16.5. The Balaban J connectivity index is 2.25. The van der Waals surface area contributed by atoms with Gasteiger partial charge in [0.15, 0.2) is 6.10 Å². The van der Waals surface area contributed by atoms with E-state index in [1.165, 1.54) is 24.0 Å². The number of rotatable bonds is 3. The van der Waals surface area contributed by atoms with Crippen LogP contribution in [0.1, 0.15) is 36.1 Å². The van der Waals surface area contributed by atoms with Crippen molar-refractivity contribution in [3.8, 4) is 6.07 Å². The molecule has 0 N–H and O–H groups in total. The van der Waals surface area contributed by atoms with Crippen LogP contribution in [0.2, 0.25) is 0 Å². The third-order valence-corrected chi connectivity index (χ3v) is 2.88. The van der Waals surface area contributed by atoms with Crippen molar-refractivity contribution in [1.82, 2.24) is 0 Å². The summed E-state index contributed by atoms with van der Waals surface area (Å²) >= 11 is 0. The van der Waals surface area contributed by atoms with Gasteiger partial charge in [-0.1, -0.05) is 18.2 Å². The molecule has 0 saturated heterocycles. The van der Waals surface area contributed by atoms with Crippen molar-refractivity contribution in [3.63, 3.8) is 0 Å². The van der Waals surface area contributed by atoms with E-state index in [4.69, 9.17) is 10.00 Å². The number of fused-ring (bicyclic) bond motifs is 1. The SMILES string of the molecule is CCO[C@H](C#N)c1ccc2c(c1)CCC2. The van der Waals surface area contributed by atoms with Crippen LogP contribution in [-0.2, 0) is 17.6 Å². The van der Waals surface area contributed by atoms with E-state index in [2.05, 4.69) is 18.2 Å². The Morgan fingerprint density at radius 1 is 1.40 bits per heavy atom. The van der Waals surface area contributed by atoms with Gasteiger partial charge in [0, 0.05) is 6.61 Å². The molecular weight excluding hydrogens is 186 g/mol. The molecule has 0 heterocycles. The number of hydrogen-bond donors (Lipinski definition) is 0. The third-order valence-electron chi connectivity index (χ3n) is 2.88. The van der Waals surface area contributed by atoms with Crippen LogP contribution in [0.4, 0.5) is 0 Å². The van der Waals surface area contributed by atoms with Crippen LogP contribution < -0.4 is 0 Å². The first-order valence-electron chi connectivity index (χ1n) is 5.48. The first-order chi connectivity index (χ1) is 7.35. The fourth-order valence-corrected chi connectivity index (χ4v) is 2.13. The first kappa shape index (κ1) is 10.2. The minimum absolute atomic E-state index is 0.402. The maximum absolute atomic E-state index is 8.98. The predicted molar refractivity (Wildman–Crippen MR) is 58.4 cm³/mol. The first-order valence-corrected chi connectivity index (χ1v) is 5.48. The Labute approximate surface area is 90.5 Å². The van der Waals surface area contributed by atoms with Crippen LogP contribution in [0.25, 0.3) is 0 Å². The monoisotopic (exact) mass is 201 g/mol. The molecule has 0 radical (unpaired) electrons. The van der Waals surface area contributed by atoms with Gasteiger partial charge in [-0.25, -0.2) is 0 Å². The van der Waals surface area contributed by atoms with Gasteiger partial charge < -0.3 is 4.74 Å². The summed E-state index contributed by atoms with van der Waals surface area (Å²) in [5.41, 5.74) is 3.83. The molecule has 1 atom stereocenters. The van der Waals surface area contributed by atoms with E-state index in [0.29, 0.717) is 6.61 Å². The molecule has 2 heteroatoms. The zero-order valence-electron chi connectivity index (χ0n) is 8.99. The molecule has 1 aromatic rings. The van der Waals surface area contributed by atoms with Gasteiger partial charge in [-0.2, -0.15) is 5.26 Å². The molecule has 2 rings (SSSR count).